The topological polar surface area (TPSA) is 44.8 Å². The molecule has 0 aliphatic carbocycles. The Hall–Kier alpha value is -2.53. The van der Waals surface area contributed by atoms with Crippen molar-refractivity contribution in [3.05, 3.63) is 59.7 Å². The van der Waals surface area contributed by atoms with Crippen LogP contribution in [0.3, 0.4) is 0 Å². The van der Waals surface area contributed by atoms with Gasteiger partial charge in [-0.05, 0) is 43.7 Å². The summed E-state index contributed by atoms with van der Waals surface area (Å²) in [6, 6.07) is 16.4. The SMILES string of the molecule is COc1ccccc1CC(=O)NCCCN1CCN(c2cccc(C)c2)CC1. The minimum absolute atomic E-state index is 0.0498. The van der Waals surface area contributed by atoms with Crippen molar-refractivity contribution in [3.63, 3.8) is 0 Å². The molecule has 0 spiro atoms. The fraction of sp³-hybridized carbons (Fsp3) is 0.435. The first-order chi connectivity index (χ1) is 13.7. The molecule has 1 aliphatic rings. The van der Waals surface area contributed by atoms with Gasteiger partial charge in [0.15, 0.2) is 0 Å². The first kappa shape index (κ1) is 20.2. The zero-order valence-electron chi connectivity index (χ0n) is 17.0. The molecule has 1 amide bonds. The fourth-order valence-electron chi connectivity index (χ4n) is 3.67. The molecule has 2 aromatic rings. The van der Waals surface area contributed by atoms with Crippen LogP contribution in [0, 0.1) is 6.92 Å². The van der Waals surface area contributed by atoms with Crippen molar-refractivity contribution in [1.82, 2.24) is 10.2 Å². The van der Waals surface area contributed by atoms with Crippen LogP contribution in [-0.4, -0.2) is 57.2 Å². The summed E-state index contributed by atoms with van der Waals surface area (Å²) >= 11 is 0. The van der Waals surface area contributed by atoms with E-state index in [-0.39, 0.29) is 5.91 Å². The van der Waals surface area contributed by atoms with Crippen LogP contribution in [-0.2, 0) is 11.2 Å². The molecule has 1 saturated heterocycles. The number of carbonyl (C=O) groups excluding carboxylic acids is 1. The minimum Gasteiger partial charge on any atom is -0.496 e. The third kappa shape index (κ3) is 5.73. The van der Waals surface area contributed by atoms with Gasteiger partial charge in [0, 0.05) is 44.0 Å². The Balaban J connectivity index is 1.33. The smallest absolute Gasteiger partial charge is 0.224 e. The van der Waals surface area contributed by atoms with E-state index in [2.05, 4.69) is 46.3 Å². The Kier molecular flexibility index (Phi) is 7.31. The Labute approximate surface area is 168 Å². The maximum Gasteiger partial charge on any atom is 0.224 e. The largest absolute Gasteiger partial charge is 0.496 e. The number of ether oxygens (including phenoxy) is 1. The molecule has 0 saturated carbocycles. The first-order valence-corrected chi connectivity index (χ1v) is 10.1. The van der Waals surface area contributed by atoms with Crippen LogP contribution in [0.25, 0.3) is 0 Å². The average Bonchev–Trinajstić information content (AvgIpc) is 2.72. The second kappa shape index (κ2) is 10.1. The van der Waals surface area contributed by atoms with Gasteiger partial charge >= 0.3 is 0 Å². The van der Waals surface area contributed by atoms with Crippen LogP contribution in [0.15, 0.2) is 48.5 Å². The lowest BCUT2D eigenvalue weighted by Gasteiger charge is -2.36. The van der Waals surface area contributed by atoms with E-state index in [9.17, 15) is 4.79 Å². The van der Waals surface area contributed by atoms with Crippen LogP contribution < -0.4 is 15.0 Å². The van der Waals surface area contributed by atoms with Gasteiger partial charge < -0.3 is 15.0 Å². The minimum atomic E-state index is 0.0498. The Morgan fingerprint density at radius 3 is 2.61 bits per heavy atom. The van der Waals surface area contributed by atoms with Crippen molar-refractivity contribution >= 4 is 11.6 Å². The van der Waals surface area contributed by atoms with E-state index in [0.29, 0.717) is 13.0 Å². The number of para-hydroxylation sites is 1. The molecule has 0 aromatic heterocycles. The average molecular weight is 382 g/mol. The molecule has 0 radical (unpaired) electrons. The van der Waals surface area contributed by atoms with Crippen molar-refractivity contribution in [1.29, 1.82) is 0 Å². The molecule has 3 rings (SSSR count). The summed E-state index contributed by atoms with van der Waals surface area (Å²) in [5.74, 6) is 0.817. The maximum atomic E-state index is 12.2. The number of hydrogen-bond donors (Lipinski definition) is 1. The van der Waals surface area contributed by atoms with Crippen LogP contribution in [0.5, 0.6) is 5.75 Å². The number of aryl methyl sites for hydroxylation is 1. The first-order valence-electron chi connectivity index (χ1n) is 10.1. The van der Waals surface area contributed by atoms with E-state index in [1.165, 1.54) is 11.3 Å². The summed E-state index contributed by atoms with van der Waals surface area (Å²) in [5, 5.41) is 3.03. The summed E-state index contributed by atoms with van der Waals surface area (Å²) < 4.78 is 5.31. The van der Waals surface area contributed by atoms with Gasteiger partial charge in [-0.25, -0.2) is 0 Å². The maximum absolute atomic E-state index is 12.2. The van der Waals surface area contributed by atoms with Crippen molar-refractivity contribution in [2.45, 2.75) is 19.8 Å². The van der Waals surface area contributed by atoms with Gasteiger partial charge in [-0.3, -0.25) is 9.69 Å². The highest BCUT2D eigenvalue weighted by atomic mass is 16.5. The second-order valence-electron chi connectivity index (χ2n) is 7.36. The Bertz CT molecular complexity index is 770. The molecule has 1 aliphatic heterocycles. The lowest BCUT2D eigenvalue weighted by Crippen LogP contribution is -2.47. The number of amides is 1. The van der Waals surface area contributed by atoms with Crippen molar-refractivity contribution < 1.29 is 9.53 Å². The number of rotatable bonds is 8. The molecule has 2 aromatic carbocycles. The van der Waals surface area contributed by atoms with Crippen LogP contribution in [0.4, 0.5) is 5.69 Å². The Morgan fingerprint density at radius 1 is 1.07 bits per heavy atom. The quantitative estimate of drug-likeness (QED) is 0.714. The van der Waals surface area contributed by atoms with Gasteiger partial charge in [-0.2, -0.15) is 0 Å². The van der Waals surface area contributed by atoms with Crippen molar-refractivity contribution in [2.75, 3.05) is 51.3 Å². The lowest BCUT2D eigenvalue weighted by molar-refractivity contribution is -0.120. The molecular formula is C23H31N3O2. The summed E-state index contributed by atoms with van der Waals surface area (Å²) in [4.78, 5) is 17.1. The number of hydrogen-bond acceptors (Lipinski definition) is 4. The highest BCUT2D eigenvalue weighted by Gasteiger charge is 2.17. The summed E-state index contributed by atoms with van der Waals surface area (Å²) in [5.41, 5.74) is 3.56. The van der Waals surface area contributed by atoms with Crippen LogP contribution in [0.2, 0.25) is 0 Å². The number of nitrogens with one attached hydrogen (secondary N) is 1. The highest BCUT2D eigenvalue weighted by Crippen LogP contribution is 2.18. The summed E-state index contributed by atoms with van der Waals surface area (Å²) in [6.45, 7) is 8.14. The van der Waals surface area contributed by atoms with E-state index >= 15 is 0 Å². The van der Waals surface area contributed by atoms with E-state index in [1.807, 2.05) is 24.3 Å². The fourth-order valence-corrected chi connectivity index (χ4v) is 3.67. The van der Waals surface area contributed by atoms with E-state index in [1.54, 1.807) is 7.11 Å². The molecule has 0 atom stereocenters. The van der Waals surface area contributed by atoms with Crippen molar-refractivity contribution in [3.8, 4) is 5.75 Å². The zero-order chi connectivity index (χ0) is 19.8. The van der Waals surface area contributed by atoms with Gasteiger partial charge in [0.1, 0.15) is 5.75 Å². The predicted octanol–water partition coefficient (Wildman–Crippen LogP) is 2.87. The van der Waals surface area contributed by atoms with Crippen LogP contribution >= 0.6 is 0 Å². The molecule has 0 bridgehead atoms. The standard InChI is InChI=1S/C23H31N3O2/c1-19-7-5-9-21(17-19)26-15-13-25(14-16-26)12-6-11-24-23(27)18-20-8-3-4-10-22(20)28-2/h3-5,7-10,17H,6,11-16,18H2,1-2H3,(H,24,27). The van der Waals surface area contributed by atoms with Gasteiger partial charge in [-0.1, -0.05) is 30.3 Å². The highest BCUT2D eigenvalue weighted by molar-refractivity contribution is 5.79. The van der Waals surface area contributed by atoms with E-state index in [4.69, 9.17) is 4.74 Å². The summed E-state index contributed by atoms with van der Waals surface area (Å²) in [6.07, 6.45) is 1.33. The predicted molar refractivity (Wildman–Crippen MR) is 114 cm³/mol. The third-order valence-electron chi connectivity index (χ3n) is 5.26. The second-order valence-corrected chi connectivity index (χ2v) is 7.36. The molecule has 5 nitrogen and oxygen atoms in total. The van der Waals surface area contributed by atoms with Gasteiger partial charge in [-0.15, -0.1) is 0 Å². The van der Waals surface area contributed by atoms with Crippen LogP contribution in [0.1, 0.15) is 17.5 Å². The zero-order valence-corrected chi connectivity index (χ0v) is 17.0. The number of nitrogens with zero attached hydrogens (tertiary/aromatic N) is 2. The molecule has 28 heavy (non-hydrogen) atoms. The molecule has 1 fully saturated rings. The monoisotopic (exact) mass is 381 g/mol. The molecule has 0 unspecified atom stereocenters. The van der Waals surface area contributed by atoms with Gasteiger partial charge in [0.2, 0.25) is 5.91 Å². The molecular weight excluding hydrogens is 350 g/mol. The van der Waals surface area contributed by atoms with Gasteiger partial charge in [0.05, 0.1) is 13.5 Å². The van der Waals surface area contributed by atoms with E-state index < -0.39 is 0 Å². The number of carbonyl (C=O) groups is 1. The molecule has 1 N–H and O–H groups in total. The number of anilines is 1. The molecule has 150 valence electrons. The third-order valence-corrected chi connectivity index (χ3v) is 5.26. The normalized spacial score (nSPS) is 14.7. The molecule has 5 heteroatoms. The Morgan fingerprint density at radius 2 is 1.86 bits per heavy atom. The lowest BCUT2D eigenvalue weighted by atomic mass is 10.1. The molecule has 1 heterocycles. The number of benzene rings is 2. The number of methoxy groups -OCH3 is 1. The summed E-state index contributed by atoms with van der Waals surface area (Å²) in [7, 11) is 1.63. The number of piperazine rings is 1. The van der Waals surface area contributed by atoms with Crippen molar-refractivity contribution in [2.24, 2.45) is 0 Å². The van der Waals surface area contributed by atoms with E-state index in [0.717, 1.165) is 50.5 Å². The van der Waals surface area contributed by atoms with Gasteiger partial charge in [0.25, 0.3) is 0 Å².